The van der Waals surface area contributed by atoms with Gasteiger partial charge in [0.1, 0.15) is 18.0 Å². The Labute approximate surface area is 110 Å². The van der Waals surface area contributed by atoms with E-state index in [-0.39, 0.29) is 6.61 Å². The molecule has 6 heteroatoms. The van der Waals surface area contributed by atoms with E-state index in [1.807, 2.05) is 0 Å². The predicted molar refractivity (Wildman–Crippen MR) is 67.1 cm³/mol. The van der Waals surface area contributed by atoms with Gasteiger partial charge in [-0.1, -0.05) is 12.1 Å². The lowest BCUT2D eigenvalue weighted by atomic mass is 10.2. The van der Waals surface area contributed by atoms with Gasteiger partial charge in [-0.25, -0.2) is 0 Å². The van der Waals surface area contributed by atoms with Crippen LogP contribution in [0.15, 0.2) is 29.3 Å². The van der Waals surface area contributed by atoms with Crippen molar-refractivity contribution in [3.05, 3.63) is 29.8 Å². The van der Waals surface area contributed by atoms with Gasteiger partial charge in [-0.3, -0.25) is 9.79 Å². The molecule has 1 heterocycles. The van der Waals surface area contributed by atoms with Gasteiger partial charge in [-0.05, 0) is 12.1 Å². The first-order valence-corrected chi connectivity index (χ1v) is 5.86. The highest BCUT2D eigenvalue weighted by Crippen LogP contribution is 2.19. The smallest absolute Gasteiger partial charge is 0.308 e. The Morgan fingerprint density at radius 1 is 1.47 bits per heavy atom. The summed E-state index contributed by atoms with van der Waals surface area (Å²) in [6, 6.07) is 6.87. The molecular formula is C13H15NO5. The molecule has 1 aliphatic heterocycles. The third kappa shape index (κ3) is 3.37. The minimum absolute atomic E-state index is 0.0504. The minimum Gasteiger partial charge on any atom is -0.426 e. The van der Waals surface area contributed by atoms with Crippen LogP contribution < -0.4 is 4.74 Å². The van der Waals surface area contributed by atoms with Gasteiger partial charge in [0.2, 0.25) is 0 Å². The van der Waals surface area contributed by atoms with Crippen LogP contribution in [-0.4, -0.2) is 47.4 Å². The van der Waals surface area contributed by atoms with Gasteiger partial charge in [0.15, 0.2) is 6.23 Å². The Morgan fingerprint density at radius 3 is 2.84 bits per heavy atom. The van der Waals surface area contributed by atoms with Crippen molar-refractivity contribution in [1.29, 1.82) is 0 Å². The number of benzene rings is 1. The first-order chi connectivity index (χ1) is 9.08. The Hall–Kier alpha value is -1.76. The molecule has 1 unspecified atom stereocenters. The molecule has 1 saturated heterocycles. The van der Waals surface area contributed by atoms with E-state index in [2.05, 4.69) is 4.99 Å². The average molecular weight is 265 g/mol. The first-order valence-electron chi connectivity index (χ1n) is 5.86. The molecule has 1 aromatic rings. The monoisotopic (exact) mass is 265 g/mol. The second-order valence-electron chi connectivity index (χ2n) is 4.19. The highest BCUT2D eigenvalue weighted by atomic mass is 16.5. The van der Waals surface area contributed by atoms with Crippen LogP contribution in [0.2, 0.25) is 0 Å². The molecule has 1 fully saturated rings. The van der Waals surface area contributed by atoms with Crippen LogP contribution >= 0.6 is 0 Å². The van der Waals surface area contributed by atoms with E-state index in [1.165, 1.54) is 13.1 Å². The fraction of sp³-hybridized carbons (Fsp3) is 0.385. The third-order valence-electron chi connectivity index (χ3n) is 2.66. The van der Waals surface area contributed by atoms with Crippen LogP contribution in [-0.2, 0) is 9.53 Å². The number of esters is 1. The van der Waals surface area contributed by atoms with E-state index in [0.29, 0.717) is 11.3 Å². The lowest BCUT2D eigenvalue weighted by Crippen LogP contribution is -2.28. The van der Waals surface area contributed by atoms with Crippen LogP contribution in [0.3, 0.4) is 0 Å². The second kappa shape index (κ2) is 5.92. The maximum absolute atomic E-state index is 11.0. The molecule has 2 N–H and O–H groups in total. The summed E-state index contributed by atoms with van der Waals surface area (Å²) in [7, 11) is 0. The number of aliphatic hydroxyl groups excluding tert-OH is 2. The van der Waals surface area contributed by atoms with Crippen molar-refractivity contribution in [2.75, 3.05) is 6.61 Å². The molecule has 6 nitrogen and oxygen atoms in total. The quantitative estimate of drug-likeness (QED) is 0.460. The number of nitrogens with zero attached hydrogens (tertiary/aromatic N) is 1. The first kappa shape index (κ1) is 13.7. The SMILES string of the molecule is CC(=O)Oc1ccccc1C=NC1OC[C@@H](O)[C@@H]1O. The van der Waals surface area contributed by atoms with Crippen molar-refractivity contribution in [2.45, 2.75) is 25.4 Å². The summed E-state index contributed by atoms with van der Waals surface area (Å²) in [4.78, 5) is 15.0. The van der Waals surface area contributed by atoms with Crippen molar-refractivity contribution in [2.24, 2.45) is 4.99 Å². The maximum atomic E-state index is 11.0. The van der Waals surface area contributed by atoms with Crippen molar-refractivity contribution in [3.8, 4) is 5.75 Å². The molecule has 2 rings (SSSR count). The summed E-state index contributed by atoms with van der Waals surface area (Å²) in [5, 5.41) is 18.9. The van der Waals surface area contributed by atoms with Gasteiger partial charge in [0.25, 0.3) is 0 Å². The topological polar surface area (TPSA) is 88.4 Å². The van der Waals surface area contributed by atoms with Crippen molar-refractivity contribution < 1.29 is 24.5 Å². The van der Waals surface area contributed by atoms with Gasteiger partial charge >= 0.3 is 5.97 Å². The van der Waals surface area contributed by atoms with Crippen LogP contribution in [0.1, 0.15) is 12.5 Å². The number of para-hydroxylation sites is 1. The molecule has 0 aromatic heterocycles. The molecule has 3 atom stereocenters. The molecule has 0 saturated carbocycles. The summed E-state index contributed by atoms with van der Waals surface area (Å²) >= 11 is 0. The van der Waals surface area contributed by atoms with E-state index >= 15 is 0 Å². The molecule has 0 amide bonds. The Kier molecular flexibility index (Phi) is 4.26. The molecule has 1 aromatic carbocycles. The van der Waals surface area contributed by atoms with Crippen molar-refractivity contribution in [3.63, 3.8) is 0 Å². The molecule has 0 spiro atoms. The van der Waals surface area contributed by atoms with Crippen LogP contribution in [0, 0.1) is 0 Å². The summed E-state index contributed by atoms with van der Waals surface area (Å²) in [6.07, 6.45) is -1.33. The number of carbonyl (C=O) groups is 1. The van der Waals surface area contributed by atoms with Crippen LogP contribution in [0.4, 0.5) is 0 Å². The van der Waals surface area contributed by atoms with Crippen molar-refractivity contribution in [1.82, 2.24) is 0 Å². The molecule has 0 aliphatic carbocycles. The zero-order valence-corrected chi connectivity index (χ0v) is 10.4. The summed E-state index contributed by atoms with van der Waals surface area (Å²) in [6.45, 7) is 1.36. The number of hydrogen-bond donors (Lipinski definition) is 2. The number of rotatable bonds is 3. The summed E-state index contributed by atoms with van der Waals surface area (Å²) in [5.74, 6) is -0.0415. The van der Waals surface area contributed by atoms with E-state index in [1.54, 1.807) is 24.3 Å². The van der Waals surface area contributed by atoms with Gasteiger partial charge in [-0.15, -0.1) is 0 Å². The number of aliphatic hydroxyl groups is 2. The highest BCUT2D eigenvalue weighted by Gasteiger charge is 2.33. The Bertz CT molecular complexity index is 488. The van der Waals surface area contributed by atoms with E-state index in [9.17, 15) is 15.0 Å². The highest BCUT2D eigenvalue weighted by molar-refractivity contribution is 5.85. The fourth-order valence-corrected chi connectivity index (χ4v) is 1.70. The van der Waals surface area contributed by atoms with E-state index < -0.39 is 24.4 Å². The third-order valence-corrected chi connectivity index (χ3v) is 2.66. The molecular weight excluding hydrogens is 250 g/mol. The number of hydrogen-bond acceptors (Lipinski definition) is 6. The Morgan fingerprint density at radius 2 is 2.21 bits per heavy atom. The fourth-order valence-electron chi connectivity index (χ4n) is 1.70. The number of carbonyl (C=O) groups excluding carboxylic acids is 1. The van der Waals surface area contributed by atoms with Crippen LogP contribution in [0.5, 0.6) is 5.75 Å². The molecule has 19 heavy (non-hydrogen) atoms. The predicted octanol–water partition coefficient (Wildman–Crippen LogP) is 0.109. The average Bonchev–Trinajstić information content (AvgIpc) is 2.68. The maximum Gasteiger partial charge on any atom is 0.308 e. The largest absolute Gasteiger partial charge is 0.426 e. The number of ether oxygens (including phenoxy) is 2. The van der Waals surface area contributed by atoms with Gasteiger partial charge < -0.3 is 19.7 Å². The minimum atomic E-state index is -1.04. The van der Waals surface area contributed by atoms with E-state index in [0.717, 1.165) is 0 Å². The van der Waals surface area contributed by atoms with Crippen LogP contribution in [0.25, 0.3) is 0 Å². The normalized spacial score (nSPS) is 26.8. The summed E-state index contributed by atoms with van der Waals surface area (Å²) in [5.41, 5.74) is 0.592. The molecule has 0 radical (unpaired) electrons. The standard InChI is InChI=1S/C13H15NO5/c1-8(15)19-11-5-3-2-4-9(11)6-14-13-12(17)10(16)7-18-13/h2-6,10,12-13,16-17H,7H2,1H3/t10-,12+,13?/m1/s1. The van der Waals surface area contributed by atoms with Crippen molar-refractivity contribution >= 4 is 12.2 Å². The molecule has 102 valence electrons. The number of aliphatic imine (C=N–C) groups is 1. The zero-order valence-electron chi connectivity index (χ0n) is 10.4. The van der Waals surface area contributed by atoms with Gasteiger partial charge in [0.05, 0.1) is 6.61 Å². The second-order valence-corrected chi connectivity index (χ2v) is 4.19. The van der Waals surface area contributed by atoms with E-state index in [4.69, 9.17) is 9.47 Å². The van der Waals surface area contributed by atoms with Gasteiger partial charge in [-0.2, -0.15) is 0 Å². The molecule has 0 bridgehead atoms. The lowest BCUT2D eigenvalue weighted by Gasteiger charge is -2.10. The lowest BCUT2D eigenvalue weighted by molar-refractivity contribution is -0.131. The molecule has 1 aliphatic rings. The summed E-state index contributed by atoms with van der Waals surface area (Å²) < 4.78 is 10.1. The van der Waals surface area contributed by atoms with Gasteiger partial charge in [0, 0.05) is 18.7 Å². The Balaban J connectivity index is 2.12. The zero-order chi connectivity index (χ0) is 13.8.